The second kappa shape index (κ2) is 4.33. The SMILES string of the molecule is Nc1ccc(-c2cn(-c3ccccc3)nn2)cc1. The van der Waals surface area contributed by atoms with Crippen LogP contribution in [0.4, 0.5) is 5.69 Å². The molecule has 0 aliphatic rings. The number of aromatic nitrogens is 3. The fourth-order valence-electron chi connectivity index (χ4n) is 1.76. The quantitative estimate of drug-likeness (QED) is 0.695. The van der Waals surface area contributed by atoms with Crippen molar-refractivity contribution in [3.05, 3.63) is 60.8 Å². The van der Waals surface area contributed by atoms with E-state index in [9.17, 15) is 0 Å². The van der Waals surface area contributed by atoms with Crippen LogP contribution in [0.3, 0.4) is 0 Å². The molecule has 0 aliphatic carbocycles. The Morgan fingerprint density at radius 2 is 1.61 bits per heavy atom. The number of nitrogens with two attached hydrogens (primary N) is 1. The standard InChI is InChI=1S/C14H12N4/c15-12-8-6-11(7-9-12)14-10-18(17-16-14)13-4-2-1-3-5-13/h1-10H,15H2. The molecule has 0 saturated carbocycles. The first-order valence-electron chi connectivity index (χ1n) is 5.66. The van der Waals surface area contributed by atoms with Crippen LogP contribution in [0.1, 0.15) is 0 Å². The monoisotopic (exact) mass is 236 g/mol. The lowest BCUT2D eigenvalue weighted by Gasteiger charge is -1.98. The highest BCUT2D eigenvalue weighted by Gasteiger charge is 2.04. The molecule has 3 aromatic rings. The van der Waals surface area contributed by atoms with Gasteiger partial charge in [0, 0.05) is 11.3 Å². The van der Waals surface area contributed by atoms with Crippen molar-refractivity contribution in [1.82, 2.24) is 15.0 Å². The molecule has 88 valence electrons. The first kappa shape index (κ1) is 10.5. The smallest absolute Gasteiger partial charge is 0.113 e. The van der Waals surface area contributed by atoms with Crippen molar-refractivity contribution in [2.24, 2.45) is 0 Å². The molecule has 0 fully saturated rings. The highest BCUT2D eigenvalue weighted by molar-refractivity contribution is 5.61. The van der Waals surface area contributed by atoms with Crippen LogP contribution < -0.4 is 5.73 Å². The van der Waals surface area contributed by atoms with Crippen molar-refractivity contribution >= 4 is 5.69 Å². The number of anilines is 1. The molecule has 0 saturated heterocycles. The predicted molar refractivity (Wildman–Crippen MR) is 71.2 cm³/mol. The highest BCUT2D eigenvalue weighted by Crippen LogP contribution is 2.18. The summed E-state index contributed by atoms with van der Waals surface area (Å²) in [7, 11) is 0. The Kier molecular flexibility index (Phi) is 2.53. The van der Waals surface area contributed by atoms with Crippen molar-refractivity contribution < 1.29 is 0 Å². The molecule has 18 heavy (non-hydrogen) atoms. The number of hydrogen-bond acceptors (Lipinski definition) is 3. The maximum Gasteiger partial charge on any atom is 0.113 e. The third-order valence-electron chi connectivity index (χ3n) is 2.72. The number of benzene rings is 2. The van der Waals surface area contributed by atoms with Gasteiger partial charge in [0.25, 0.3) is 0 Å². The Morgan fingerprint density at radius 1 is 0.889 bits per heavy atom. The molecule has 1 heterocycles. The van der Waals surface area contributed by atoms with Crippen molar-refractivity contribution in [2.75, 3.05) is 5.73 Å². The fourth-order valence-corrected chi connectivity index (χ4v) is 1.76. The van der Waals surface area contributed by atoms with Gasteiger partial charge in [0.2, 0.25) is 0 Å². The third kappa shape index (κ3) is 1.96. The summed E-state index contributed by atoms with van der Waals surface area (Å²) in [5, 5.41) is 8.29. The molecule has 0 spiro atoms. The summed E-state index contributed by atoms with van der Waals surface area (Å²) in [6.45, 7) is 0. The maximum absolute atomic E-state index is 5.66. The second-order valence-electron chi connectivity index (χ2n) is 4.01. The van der Waals surface area contributed by atoms with E-state index in [1.807, 2.05) is 60.8 Å². The molecular formula is C14H12N4. The summed E-state index contributed by atoms with van der Waals surface area (Å²) in [5.41, 5.74) is 9.23. The van der Waals surface area contributed by atoms with Crippen LogP contribution in [0.15, 0.2) is 60.8 Å². The van der Waals surface area contributed by atoms with Gasteiger partial charge in [-0.15, -0.1) is 5.10 Å². The van der Waals surface area contributed by atoms with E-state index < -0.39 is 0 Å². The van der Waals surface area contributed by atoms with Crippen LogP contribution in [0, 0.1) is 0 Å². The summed E-state index contributed by atoms with van der Waals surface area (Å²) < 4.78 is 1.76. The largest absolute Gasteiger partial charge is 0.399 e. The molecule has 0 radical (unpaired) electrons. The zero-order chi connectivity index (χ0) is 12.4. The van der Waals surface area contributed by atoms with Crippen LogP contribution >= 0.6 is 0 Å². The van der Waals surface area contributed by atoms with Gasteiger partial charge in [0.05, 0.1) is 11.9 Å². The minimum atomic E-state index is 0.745. The lowest BCUT2D eigenvalue weighted by atomic mass is 10.1. The normalized spacial score (nSPS) is 10.4. The van der Waals surface area contributed by atoms with Crippen molar-refractivity contribution in [3.8, 4) is 16.9 Å². The lowest BCUT2D eigenvalue weighted by molar-refractivity contribution is 0.804. The molecule has 0 unspecified atom stereocenters. The molecule has 3 rings (SSSR count). The topological polar surface area (TPSA) is 56.7 Å². The van der Waals surface area contributed by atoms with E-state index in [4.69, 9.17) is 5.73 Å². The molecule has 0 amide bonds. The number of hydrogen-bond donors (Lipinski definition) is 1. The van der Waals surface area contributed by atoms with Crippen LogP contribution in [0.2, 0.25) is 0 Å². The van der Waals surface area contributed by atoms with Gasteiger partial charge in [0.1, 0.15) is 5.69 Å². The Morgan fingerprint density at radius 3 is 2.33 bits per heavy atom. The van der Waals surface area contributed by atoms with Gasteiger partial charge in [-0.1, -0.05) is 35.5 Å². The molecule has 1 aromatic heterocycles. The maximum atomic E-state index is 5.66. The first-order chi connectivity index (χ1) is 8.83. The molecule has 0 atom stereocenters. The predicted octanol–water partition coefficient (Wildman–Crippen LogP) is 2.52. The molecule has 0 bridgehead atoms. The second-order valence-corrected chi connectivity index (χ2v) is 4.01. The number of para-hydroxylation sites is 1. The van der Waals surface area contributed by atoms with Crippen LogP contribution in [-0.4, -0.2) is 15.0 Å². The van der Waals surface area contributed by atoms with E-state index in [0.29, 0.717) is 0 Å². The molecule has 4 heteroatoms. The molecular weight excluding hydrogens is 224 g/mol. The van der Waals surface area contributed by atoms with Crippen LogP contribution in [0.5, 0.6) is 0 Å². The van der Waals surface area contributed by atoms with E-state index in [-0.39, 0.29) is 0 Å². The Bertz CT molecular complexity index is 641. The van der Waals surface area contributed by atoms with Gasteiger partial charge >= 0.3 is 0 Å². The third-order valence-corrected chi connectivity index (χ3v) is 2.72. The van der Waals surface area contributed by atoms with Crippen molar-refractivity contribution in [1.29, 1.82) is 0 Å². The van der Waals surface area contributed by atoms with Gasteiger partial charge < -0.3 is 5.73 Å². The van der Waals surface area contributed by atoms with Gasteiger partial charge in [-0.2, -0.15) is 0 Å². The minimum Gasteiger partial charge on any atom is -0.399 e. The van der Waals surface area contributed by atoms with E-state index in [0.717, 1.165) is 22.6 Å². The lowest BCUT2D eigenvalue weighted by Crippen LogP contribution is -1.93. The zero-order valence-corrected chi connectivity index (χ0v) is 9.69. The fraction of sp³-hybridized carbons (Fsp3) is 0. The molecule has 4 nitrogen and oxygen atoms in total. The van der Waals surface area contributed by atoms with Crippen LogP contribution in [-0.2, 0) is 0 Å². The van der Waals surface area contributed by atoms with Gasteiger partial charge in [-0.3, -0.25) is 0 Å². The van der Waals surface area contributed by atoms with E-state index in [1.165, 1.54) is 0 Å². The molecule has 2 N–H and O–H groups in total. The van der Waals surface area contributed by atoms with Crippen molar-refractivity contribution in [2.45, 2.75) is 0 Å². The summed E-state index contributed by atoms with van der Waals surface area (Å²) in [6.07, 6.45) is 1.90. The summed E-state index contributed by atoms with van der Waals surface area (Å²) in [4.78, 5) is 0. The zero-order valence-electron chi connectivity index (χ0n) is 9.69. The molecule has 0 aliphatic heterocycles. The Hall–Kier alpha value is -2.62. The number of nitrogen functional groups attached to an aromatic ring is 1. The average molecular weight is 236 g/mol. The van der Waals surface area contributed by atoms with Crippen LogP contribution in [0.25, 0.3) is 16.9 Å². The number of nitrogens with zero attached hydrogens (tertiary/aromatic N) is 3. The summed E-state index contributed by atoms with van der Waals surface area (Å²) in [6, 6.07) is 17.5. The van der Waals surface area contributed by atoms with Gasteiger partial charge in [-0.25, -0.2) is 4.68 Å². The highest BCUT2D eigenvalue weighted by atomic mass is 15.4. The van der Waals surface area contributed by atoms with Gasteiger partial charge in [0.15, 0.2) is 0 Å². The summed E-state index contributed by atoms with van der Waals surface area (Å²) >= 11 is 0. The number of rotatable bonds is 2. The van der Waals surface area contributed by atoms with Gasteiger partial charge in [-0.05, 0) is 24.3 Å². The molecule has 2 aromatic carbocycles. The first-order valence-corrected chi connectivity index (χ1v) is 5.66. The van der Waals surface area contributed by atoms with E-state index in [2.05, 4.69) is 10.3 Å². The summed E-state index contributed by atoms with van der Waals surface area (Å²) in [5.74, 6) is 0. The minimum absolute atomic E-state index is 0.745. The average Bonchev–Trinajstić information content (AvgIpc) is 2.90. The Labute approximate surface area is 105 Å². The van der Waals surface area contributed by atoms with E-state index in [1.54, 1.807) is 4.68 Å². The van der Waals surface area contributed by atoms with E-state index >= 15 is 0 Å². The Balaban J connectivity index is 1.97. The van der Waals surface area contributed by atoms with Crippen molar-refractivity contribution in [3.63, 3.8) is 0 Å².